The van der Waals surface area contributed by atoms with Gasteiger partial charge in [-0.05, 0) is 24.3 Å². The van der Waals surface area contributed by atoms with Crippen molar-refractivity contribution in [1.82, 2.24) is 4.90 Å². The minimum Gasteiger partial charge on any atom is -0.482 e. The summed E-state index contributed by atoms with van der Waals surface area (Å²) in [6.07, 6.45) is 1.06. The van der Waals surface area contributed by atoms with Gasteiger partial charge in [-0.25, -0.2) is 0 Å². The first-order valence-electron chi connectivity index (χ1n) is 6.10. The molecule has 1 saturated heterocycles. The molecule has 5 heteroatoms. The number of nitrogens with two attached hydrogens (primary N) is 1. The van der Waals surface area contributed by atoms with Gasteiger partial charge >= 0.3 is 0 Å². The van der Waals surface area contributed by atoms with E-state index in [0.29, 0.717) is 11.4 Å². The van der Waals surface area contributed by atoms with E-state index in [1.165, 1.54) is 0 Å². The summed E-state index contributed by atoms with van der Waals surface area (Å²) in [4.78, 5) is 13.9. The molecule has 1 aliphatic heterocycles. The number of para-hydroxylation sites is 2. The fourth-order valence-electron chi connectivity index (χ4n) is 1.84. The summed E-state index contributed by atoms with van der Waals surface area (Å²) in [6.45, 7) is 1.72. The fourth-order valence-corrected chi connectivity index (χ4v) is 2.73. The summed E-state index contributed by atoms with van der Waals surface area (Å²) in [7, 11) is 0. The van der Waals surface area contributed by atoms with Crippen molar-refractivity contribution in [1.29, 1.82) is 0 Å². The van der Waals surface area contributed by atoms with Crippen LogP contribution in [0.2, 0.25) is 0 Å². The lowest BCUT2D eigenvalue weighted by Crippen LogP contribution is -2.36. The molecule has 0 aromatic heterocycles. The Morgan fingerprint density at radius 2 is 2.17 bits per heavy atom. The van der Waals surface area contributed by atoms with Crippen molar-refractivity contribution in [2.75, 3.05) is 36.9 Å². The van der Waals surface area contributed by atoms with Gasteiger partial charge in [-0.2, -0.15) is 11.8 Å². The van der Waals surface area contributed by atoms with Gasteiger partial charge in [0.1, 0.15) is 5.75 Å². The Balaban J connectivity index is 1.86. The average Bonchev–Trinajstić information content (AvgIpc) is 2.66. The van der Waals surface area contributed by atoms with E-state index in [1.54, 1.807) is 12.1 Å². The number of ether oxygens (including phenoxy) is 1. The van der Waals surface area contributed by atoms with Crippen LogP contribution in [0.3, 0.4) is 0 Å². The smallest absolute Gasteiger partial charge is 0.260 e. The molecule has 0 spiro atoms. The molecule has 0 unspecified atom stereocenters. The van der Waals surface area contributed by atoms with Gasteiger partial charge in [0.2, 0.25) is 0 Å². The predicted molar refractivity (Wildman–Crippen MR) is 74.9 cm³/mol. The highest BCUT2D eigenvalue weighted by Gasteiger charge is 2.16. The third-order valence-electron chi connectivity index (χ3n) is 2.85. The van der Waals surface area contributed by atoms with Crippen LogP contribution in [0, 0.1) is 0 Å². The van der Waals surface area contributed by atoms with Crippen molar-refractivity contribution in [2.45, 2.75) is 6.42 Å². The second kappa shape index (κ2) is 6.54. The zero-order chi connectivity index (χ0) is 12.8. The number of carbonyl (C=O) groups is 1. The zero-order valence-corrected chi connectivity index (χ0v) is 11.1. The lowest BCUT2D eigenvalue weighted by Gasteiger charge is -2.20. The van der Waals surface area contributed by atoms with Crippen LogP contribution in [0.4, 0.5) is 5.69 Å². The van der Waals surface area contributed by atoms with Crippen LogP contribution in [0.15, 0.2) is 24.3 Å². The number of hydrogen-bond donors (Lipinski definition) is 1. The van der Waals surface area contributed by atoms with Crippen molar-refractivity contribution in [3.05, 3.63) is 24.3 Å². The number of nitrogen functional groups attached to an aromatic ring is 1. The molecular weight excluding hydrogens is 248 g/mol. The molecule has 1 aromatic rings. The largest absolute Gasteiger partial charge is 0.482 e. The van der Waals surface area contributed by atoms with E-state index in [1.807, 2.05) is 28.8 Å². The van der Waals surface area contributed by atoms with E-state index in [2.05, 4.69) is 0 Å². The lowest BCUT2D eigenvalue weighted by molar-refractivity contribution is -0.133. The predicted octanol–water partition coefficient (Wildman–Crippen LogP) is 1.61. The molecule has 18 heavy (non-hydrogen) atoms. The minimum absolute atomic E-state index is 0.0424. The topological polar surface area (TPSA) is 55.6 Å². The molecule has 1 aromatic carbocycles. The second-order valence-electron chi connectivity index (χ2n) is 4.17. The third-order valence-corrected chi connectivity index (χ3v) is 3.89. The van der Waals surface area contributed by atoms with Crippen LogP contribution in [0.5, 0.6) is 5.75 Å². The first-order chi connectivity index (χ1) is 8.77. The van der Waals surface area contributed by atoms with Gasteiger partial charge in [0.15, 0.2) is 6.61 Å². The molecule has 2 N–H and O–H groups in total. The van der Waals surface area contributed by atoms with Crippen LogP contribution in [0.25, 0.3) is 0 Å². The Kier molecular flexibility index (Phi) is 4.75. The molecule has 4 nitrogen and oxygen atoms in total. The van der Waals surface area contributed by atoms with Gasteiger partial charge in [0, 0.05) is 18.8 Å². The minimum atomic E-state index is 0.0424. The van der Waals surface area contributed by atoms with E-state index in [9.17, 15) is 4.79 Å². The van der Waals surface area contributed by atoms with Crippen LogP contribution in [0.1, 0.15) is 6.42 Å². The highest BCUT2D eigenvalue weighted by atomic mass is 32.2. The highest BCUT2D eigenvalue weighted by molar-refractivity contribution is 7.99. The molecule has 0 saturated carbocycles. The summed E-state index contributed by atoms with van der Waals surface area (Å²) in [5.41, 5.74) is 6.32. The average molecular weight is 266 g/mol. The third kappa shape index (κ3) is 3.57. The quantitative estimate of drug-likeness (QED) is 0.845. The second-order valence-corrected chi connectivity index (χ2v) is 5.40. The molecule has 2 rings (SSSR count). The number of hydrogen-bond acceptors (Lipinski definition) is 4. The Hall–Kier alpha value is -1.36. The Bertz CT molecular complexity index is 404. The Morgan fingerprint density at radius 1 is 1.33 bits per heavy atom. The molecule has 98 valence electrons. The maximum Gasteiger partial charge on any atom is 0.260 e. The molecule has 1 amide bonds. The molecule has 0 aliphatic carbocycles. The summed E-state index contributed by atoms with van der Waals surface area (Å²) in [5, 5.41) is 0. The van der Waals surface area contributed by atoms with E-state index < -0.39 is 0 Å². The number of anilines is 1. The molecular formula is C13H18N2O2S. The Labute approximate surface area is 111 Å². The van der Waals surface area contributed by atoms with E-state index >= 15 is 0 Å². The van der Waals surface area contributed by atoms with E-state index in [4.69, 9.17) is 10.5 Å². The van der Waals surface area contributed by atoms with Crippen LogP contribution in [-0.4, -0.2) is 42.0 Å². The summed E-state index contributed by atoms with van der Waals surface area (Å²) in [6, 6.07) is 7.23. The van der Waals surface area contributed by atoms with Crippen molar-refractivity contribution in [3.8, 4) is 5.75 Å². The first-order valence-corrected chi connectivity index (χ1v) is 7.25. The number of thioether (sulfide) groups is 1. The summed E-state index contributed by atoms with van der Waals surface area (Å²) < 4.78 is 5.47. The number of rotatable bonds is 3. The Morgan fingerprint density at radius 3 is 3.00 bits per heavy atom. The summed E-state index contributed by atoms with van der Waals surface area (Å²) >= 11 is 1.90. The molecule has 0 bridgehead atoms. The maximum atomic E-state index is 12.0. The maximum absolute atomic E-state index is 12.0. The normalized spacial score (nSPS) is 16.1. The number of nitrogens with zero attached hydrogens (tertiary/aromatic N) is 1. The van der Waals surface area contributed by atoms with Gasteiger partial charge in [0.05, 0.1) is 5.69 Å². The molecule has 0 radical (unpaired) electrons. The summed E-state index contributed by atoms with van der Waals surface area (Å²) in [5.74, 6) is 2.77. The number of carbonyl (C=O) groups excluding carboxylic acids is 1. The molecule has 1 heterocycles. The number of benzene rings is 1. The van der Waals surface area contributed by atoms with Crippen molar-refractivity contribution in [2.24, 2.45) is 0 Å². The van der Waals surface area contributed by atoms with Crippen LogP contribution < -0.4 is 10.5 Å². The van der Waals surface area contributed by atoms with Gasteiger partial charge in [-0.1, -0.05) is 12.1 Å². The van der Waals surface area contributed by atoms with Gasteiger partial charge in [-0.3, -0.25) is 4.79 Å². The molecule has 1 aliphatic rings. The standard InChI is InChI=1S/C13H18N2O2S/c14-11-4-1-2-5-12(11)17-10-13(16)15-6-3-8-18-9-7-15/h1-2,4-5H,3,6-10,14H2. The SMILES string of the molecule is Nc1ccccc1OCC(=O)N1CCCSCC1. The van der Waals surface area contributed by atoms with Crippen molar-refractivity contribution >= 4 is 23.4 Å². The van der Waals surface area contributed by atoms with E-state index in [0.717, 1.165) is 31.0 Å². The highest BCUT2D eigenvalue weighted by Crippen LogP contribution is 2.19. The van der Waals surface area contributed by atoms with Gasteiger partial charge in [0.25, 0.3) is 5.91 Å². The van der Waals surface area contributed by atoms with Gasteiger partial charge < -0.3 is 15.4 Å². The fraction of sp³-hybridized carbons (Fsp3) is 0.462. The monoisotopic (exact) mass is 266 g/mol. The zero-order valence-electron chi connectivity index (χ0n) is 10.3. The van der Waals surface area contributed by atoms with Gasteiger partial charge in [-0.15, -0.1) is 0 Å². The first kappa shape index (κ1) is 13.1. The van der Waals surface area contributed by atoms with E-state index in [-0.39, 0.29) is 12.5 Å². The lowest BCUT2D eigenvalue weighted by atomic mass is 10.3. The van der Waals surface area contributed by atoms with Crippen molar-refractivity contribution < 1.29 is 9.53 Å². The van der Waals surface area contributed by atoms with Crippen LogP contribution >= 0.6 is 11.8 Å². The van der Waals surface area contributed by atoms with Crippen molar-refractivity contribution in [3.63, 3.8) is 0 Å². The van der Waals surface area contributed by atoms with Crippen LogP contribution in [-0.2, 0) is 4.79 Å². The molecule has 0 atom stereocenters. The molecule has 1 fully saturated rings. The number of amides is 1.